The number of rotatable bonds is 54. The van der Waals surface area contributed by atoms with Crippen LogP contribution in [0.1, 0.15) is 284 Å². The van der Waals surface area contributed by atoms with Crippen molar-refractivity contribution in [3.63, 3.8) is 0 Å². The Morgan fingerprint density at radius 1 is 0.438 bits per heavy atom. The van der Waals surface area contributed by atoms with Crippen LogP contribution >= 0.6 is 0 Å². The summed E-state index contributed by atoms with van der Waals surface area (Å²) in [7, 11) is 0. The number of nitrogens with one attached hydrogen (secondary N) is 1. The number of carbonyl (C=O) groups is 1. The van der Waals surface area contributed by atoms with Crippen LogP contribution in [0.15, 0.2) is 36.5 Å². The van der Waals surface area contributed by atoms with Crippen molar-refractivity contribution < 1.29 is 64.6 Å². The number of amides is 1. The summed E-state index contributed by atoms with van der Waals surface area (Å²) in [5, 5.41) is 86.9. The van der Waals surface area contributed by atoms with E-state index in [0.29, 0.717) is 12.8 Å². The SMILES string of the molecule is CCC/C=C/CC/C=C/CC/C=C/C(O)C(COC1OC(CO)C(OC2OC(CO)C(O)C(O)C2O)C(O)C1O)NC(=O)CCCCCCCCCCCCCCCCCCCCCCCCCCCCCCCCCCCCC. The lowest BCUT2D eigenvalue weighted by atomic mass is 9.97. The Morgan fingerprint density at radius 3 is 1.20 bits per heavy atom. The van der Waals surface area contributed by atoms with Crippen molar-refractivity contribution >= 4 is 5.91 Å². The monoisotopic (exact) mass is 1140 g/mol. The number of aliphatic hydroxyl groups excluding tert-OH is 8. The first kappa shape index (κ1) is 74.3. The molecule has 0 aromatic carbocycles. The van der Waals surface area contributed by atoms with E-state index in [1.807, 2.05) is 6.08 Å². The number of carbonyl (C=O) groups excluding carboxylic acids is 1. The Morgan fingerprint density at radius 2 is 0.800 bits per heavy atom. The third-order valence-corrected chi connectivity index (χ3v) is 16.3. The van der Waals surface area contributed by atoms with Crippen molar-refractivity contribution in [2.75, 3.05) is 19.8 Å². The Bertz CT molecular complexity index is 1480. The van der Waals surface area contributed by atoms with Gasteiger partial charge in [-0.1, -0.05) is 275 Å². The molecular formula is C66H123NO13. The molecule has 1 amide bonds. The van der Waals surface area contributed by atoms with Gasteiger partial charge in [0.2, 0.25) is 5.91 Å². The molecule has 0 aromatic rings. The first-order chi connectivity index (χ1) is 39.1. The second kappa shape index (κ2) is 51.6. The smallest absolute Gasteiger partial charge is 0.220 e. The first-order valence-corrected chi connectivity index (χ1v) is 33.2. The van der Waals surface area contributed by atoms with Crippen LogP contribution < -0.4 is 5.32 Å². The van der Waals surface area contributed by atoms with Crippen LogP contribution in [-0.2, 0) is 23.7 Å². The van der Waals surface area contributed by atoms with Gasteiger partial charge in [0.25, 0.3) is 0 Å². The Hall–Kier alpha value is -1.79. The molecule has 14 nitrogen and oxygen atoms in total. The molecule has 0 aliphatic carbocycles. The van der Waals surface area contributed by atoms with Gasteiger partial charge in [-0.25, -0.2) is 0 Å². The Kier molecular flexibility index (Phi) is 47.9. The largest absolute Gasteiger partial charge is 0.394 e. The lowest BCUT2D eigenvalue weighted by molar-refractivity contribution is -0.359. The molecule has 14 heteroatoms. The highest BCUT2D eigenvalue weighted by Crippen LogP contribution is 2.30. The van der Waals surface area contributed by atoms with Crippen LogP contribution in [-0.4, -0.2) is 140 Å². The molecule has 2 rings (SSSR count). The summed E-state index contributed by atoms with van der Waals surface area (Å²) in [6.07, 6.45) is 48.2. The number of hydrogen-bond donors (Lipinski definition) is 9. The molecule has 0 spiro atoms. The van der Waals surface area contributed by atoms with Crippen LogP contribution in [0.4, 0.5) is 0 Å². The minimum Gasteiger partial charge on any atom is -0.394 e. The van der Waals surface area contributed by atoms with Crippen LogP contribution in [0.5, 0.6) is 0 Å². The minimum absolute atomic E-state index is 0.251. The fourth-order valence-electron chi connectivity index (χ4n) is 11.0. The summed E-state index contributed by atoms with van der Waals surface area (Å²) < 4.78 is 22.7. The van der Waals surface area contributed by atoms with Crippen molar-refractivity contribution in [1.29, 1.82) is 0 Å². The highest BCUT2D eigenvalue weighted by molar-refractivity contribution is 5.76. The summed E-state index contributed by atoms with van der Waals surface area (Å²) in [5.74, 6) is -0.251. The van der Waals surface area contributed by atoms with E-state index in [4.69, 9.17) is 18.9 Å². The fourth-order valence-corrected chi connectivity index (χ4v) is 11.0. The topological polar surface area (TPSA) is 228 Å². The third-order valence-electron chi connectivity index (χ3n) is 16.3. The molecule has 0 aromatic heterocycles. The first-order valence-electron chi connectivity index (χ1n) is 33.2. The van der Waals surface area contributed by atoms with Gasteiger partial charge in [-0.2, -0.15) is 0 Å². The number of aliphatic hydroxyl groups is 8. The van der Waals surface area contributed by atoms with E-state index >= 15 is 0 Å². The maximum atomic E-state index is 13.2. The van der Waals surface area contributed by atoms with E-state index in [-0.39, 0.29) is 18.9 Å². The lowest BCUT2D eigenvalue weighted by Gasteiger charge is -2.46. The Balaban J connectivity index is 1.57. The zero-order chi connectivity index (χ0) is 58.1. The highest BCUT2D eigenvalue weighted by atomic mass is 16.7. The summed E-state index contributed by atoms with van der Waals surface area (Å²) >= 11 is 0. The molecule has 12 atom stereocenters. The predicted octanol–water partition coefficient (Wildman–Crippen LogP) is 12.6. The second-order valence-electron chi connectivity index (χ2n) is 23.6. The normalized spacial score (nSPS) is 24.4. The van der Waals surface area contributed by atoms with Gasteiger partial charge >= 0.3 is 0 Å². The maximum absolute atomic E-state index is 13.2. The van der Waals surface area contributed by atoms with E-state index < -0.39 is 86.8 Å². The molecule has 80 heavy (non-hydrogen) atoms. The van der Waals surface area contributed by atoms with E-state index in [1.54, 1.807) is 6.08 Å². The molecule has 12 unspecified atom stereocenters. The van der Waals surface area contributed by atoms with Crippen molar-refractivity contribution in [2.45, 2.75) is 357 Å². The third kappa shape index (κ3) is 36.1. The van der Waals surface area contributed by atoms with Crippen molar-refractivity contribution in [3.05, 3.63) is 36.5 Å². The molecule has 2 heterocycles. The van der Waals surface area contributed by atoms with Gasteiger partial charge < -0.3 is 65.1 Å². The zero-order valence-electron chi connectivity index (χ0n) is 50.8. The standard InChI is InChI=1S/C66H123NO13/c1-3-5-7-9-11-13-15-16-17-18-19-20-21-22-23-24-25-26-27-28-29-30-31-32-33-34-35-36-37-38-40-42-44-46-48-50-58(71)67-54(55(70)49-47-45-43-41-39-14-12-10-8-6-4-2)53-77-65-63(76)61(74)64(57(52-69)79-65)80-66-62(75)60(73)59(72)56(51-68)78-66/h8,10,39,41,47,49,54-57,59-66,68-70,72-76H,3-7,9,11-38,40,42-46,48,50-53H2,1-2H3,(H,67,71)/b10-8+,41-39+,49-47+. The molecule has 2 saturated heterocycles. The molecule has 0 radical (unpaired) electrons. The number of allylic oxidation sites excluding steroid dienone is 5. The quantitative estimate of drug-likeness (QED) is 0.0204. The fraction of sp³-hybridized carbons (Fsp3) is 0.894. The second-order valence-corrected chi connectivity index (χ2v) is 23.6. The average molecular weight is 1140 g/mol. The van der Waals surface area contributed by atoms with E-state index in [1.165, 1.54) is 199 Å². The van der Waals surface area contributed by atoms with Crippen molar-refractivity contribution in [1.82, 2.24) is 5.32 Å². The molecule has 2 aliphatic heterocycles. The van der Waals surface area contributed by atoms with E-state index in [2.05, 4.69) is 43.5 Å². The minimum atomic E-state index is -1.79. The molecule has 2 fully saturated rings. The lowest BCUT2D eigenvalue weighted by Crippen LogP contribution is -2.65. The number of ether oxygens (including phenoxy) is 4. The molecular weight excluding hydrogens is 1010 g/mol. The summed E-state index contributed by atoms with van der Waals surface area (Å²) in [5.41, 5.74) is 0. The van der Waals surface area contributed by atoms with E-state index in [0.717, 1.165) is 51.4 Å². The predicted molar refractivity (Wildman–Crippen MR) is 323 cm³/mol. The van der Waals surface area contributed by atoms with Gasteiger partial charge in [-0.3, -0.25) is 4.79 Å². The van der Waals surface area contributed by atoms with Gasteiger partial charge in [0, 0.05) is 6.42 Å². The van der Waals surface area contributed by atoms with Gasteiger partial charge in [-0.15, -0.1) is 0 Å². The van der Waals surface area contributed by atoms with Crippen molar-refractivity contribution in [2.24, 2.45) is 0 Å². The Labute approximate surface area is 487 Å². The number of hydrogen-bond acceptors (Lipinski definition) is 13. The van der Waals surface area contributed by atoms with Crippen LogP contribution in [0.3, 0.4) is 0 Å². The van der Waals surface area contributed by atoms with Gasteiger partial charge in [0.15, 0.2) is 12.6 Å². The number of unbranched alkanes of at least 4 members (excludes halogenated alkanes) is 37. The average Bonchev–Trinajstić information content (AvgIpc) is 3.46. The summed E-state index contributed by atoms with van der Waals surface area (Å²) in [6.45, 7) is 2.71. The van der Waals surface area contributed by atoms with Crippen molar-refractivity contribution in [3.8, 4) is 0 Å². The van der Waals surface area contributed by atoms with Gasteiger partial charge in [0.1, 0.15) is 48.8 Å². The maximum Gasteiger partial charge on any atom is 0.220 e. The molecule has 0 bridgehead atoms. The van der Waals surface area contributed by atoms with E-state index in [9.17, 15) is 45.6 Å². The highest BCUT2D eigenvalue weighted by Gasteiger charge is 2.51. The molecule has 470 valence electrons. The summed E-state index contributed by atoms with van der Waals surface area (Å²) in [6, 6.07) is -0.934. The zero-order valence-corrected chi connectivity index (χ0v) is 50.8. The van der Waals surface area contributed by atoms with Crippen LogP contribution in [0.25, 0.3) is 0 Å². The van der Waals surface area contributed by atoms with Gasteiger partial charge in [-0.05, 0) is 38.5 Å². The molecule has 2 aliphatic rings. The van der Waals surface area contributed by atoms with Crippen LogP contribution in [0.2, 0.25) is 0 Å². The molecule has 0 saturated carbocycles. The van der Waals surface area contributed by atoms with Gasteiger partial charge in [0.05, 0.1) is 32.0 Å². The van der Waals surface area contributed by atoms with Crippen LogP contribution in [0, 0.1) is 0 Å². The molecule has 9 N–H and O–H groups in total. The summed E-state index contributed by atoms with van der Waals surface area (Å²) in [4.78, 5) is 13.2.